The first-order valence-corrected chi connectivity index (χ1v) is 10.5. The summed E-state index contributed by atoms with van der Waals surface area (Å²) >= 11 is 0. The number of likely N-dealkylation sites (tertiary alicyclic amines) is 1. The maximum absolute atomic E-state index is 5.68. The molecular weight excluding hydrogens is 370 g/mol. The van der Waals surface area contributed by atoms with Crippen molar-refractivity contribution in [1.82, 2.24) is 15.2 Å². The highest BCUT2D eigenvalue weighted by molar-refractivity contribution is 5.80. The van der Waals surface area contributed by atoms with Crippen LogP contribution in [-0.2, 0) is 20.8 Å². The maximum Gasteiger partial charge on any atom is 0.193 e. The van der Waals surface area contributed by atoms with Gasteiger partial charge in [0.15, 0.2) is 5.96 Å². The number of ether oxygens (including phenoxy) is 3. The van der Waals surface area contributed by atoms with Gasteiger partial charge >= 0.3 is 0 Å². The fourth-order valence-electron chi connectivity index (χ4n) is 3.80. The number of methoxy groups -OCH3 is 1. The van der Waals surface area contributed by atoms with Crippen molar-refractivity contribution >= 4 is 11.8 Å². The van der Waals surface area contributed by atoms with Gasteiger partial charge in [0.2, 0.25) is 0 Å². The molecule has 3 heterocycles. The lowest BCUT2D eigenvalue weighted by molar-refractivity contribution is 0.0529. The standard InChI is InChI=1S/C21H35N5O3/c1-17-14-25(8-9-29-17)20-5-4-18(12-23-20)13-24-21(22-2)26-7-6-19(15-26)16-28-11-10-27-3/h4-5,12,17,19H,6-11,13-16H2,1-3H3,(H,22,24). The summed E-state index contributed by atoms with van der Waals surface area (Å²) in [5, 5.41) is 3.47. The van der Waals surface area contributed by atoms with Gasteiger partial charge < -0.3 is 29.3 Å². The first kappa shape index (κ1) is 21.8. The van der Waals surface area contributed by atoms with Crippen molar-refractivity contribution in [3.05, 3.63) is 23.9 Å². The molecule has 2 aliphatic heterocycles. The second kappa shape index (κ2) is 11.3. The van der Waals surface area contributed by atoms with Crippen LogP contribution in [0, 0.1) is 5.92 Å². The molecule has 0 bridgehead atoms. The predicted octanol–water partition coefficient (Wildman–Crippen LogP) is 1.37. The van der Waals surface area contributed by atoms with Crippen LogP contribution < -0.4 is 10.2 Å². The van der Waals surface area contributed by atoms with Crippen molar-refractivity contribution in [2.24, 2.45) is 10.9 Å². The van der Waals surface area contributed by atoms with Gasteiger partial charge in [-0.05, 0) is 25.0 Å². The third-order valence-electron chi connectivity index (χ3n) is 5.41. The molecule has 2 atom stereocenters. The van der Waals surface area contributed by atoms with E-state index in [0.717, 1.165) is 63.2 Å². The Balaban J connectivity index is 1.43. The van der Waals surface area contributed by atoms with Crippen molar-refractivity contribution in [2.75, 3.05) is 71.7 Å². The third-order valence-corrected chi connectivity index (χ3v) is 5.41. The lowest BCUT2D eigenvalue weighted by Gasteiger charge is -2.32. The summed E-state index contributed by atoms with van der Waals surface area (Å²) in [6, 6.07) is 4.24. The second-order valence-electron chi connectivity index (χ2n) is 7.72. The first-order chi connectivity index (χ1) is 14.2. The number of nitrogens with zero attached hydrogens (tertiary/aromatic N) is 4. The van der Waals surface area contributed by atoms with Gasteiger partial charge in [0, 0.05) is 59.0 Å². The normalized spacial score (nSPS) is 22.9. The number of aliphatic imine (C=N–C) groups is 1. The van der Waals surface area contributed by atoms with E-state index in [2.05, 4.69) is 44.1 Å². The lowest BCUT2D eigenvalue weighted by atomic mass is 10.1. The molecule has 1 aromatic rings. The number of guanidine groups is 1. The minimum Gasteiger partial charge on any atom is -0.382 e. The zero-order valence-corrected chi connectivity index (χ0v) is 18.0. The van der Waals surface area contributed by atoms with Crippen LogP contribution in [-0.4, -0.2) is 88.7 Å². The molecule has 3 rings (SSSR count). The molecular formula is C21H35N5O3. The van der Waals surface area contributed by atoms with Gasteiger partial charge in [-0.3, -0.25) is 4.99 Å². The van der Waals surface area contributed by atoms with Crippen molar-refractivity contribution in [1.29, 1.82) is 0 Å². The highest BCUT2D eigenvalue weighted by Crippen LogP contribution is 2.18. The molecule has 0 amide bonds. The van der Waals surface area contributed by atoms with Crippen molar-refractivity contribution in [3.63, 3.8) is 0 Å². The summed E-state index contributed by atoms with van der Waals surface area (Å²) in [5.41, 5.74) is 1.15. The Bertz CT molecular complexity index is 640. The quantitative estimate of drug-likeness (QED) is 0.398. The van der Waals surface area contributed by atoms with E-state index in [1.807, 2.05) is 13.2 Å². The van der Waals surface area contributed by atoms with Crippen LogP contribution in [0.4, 0.5) is 5.82 Å². The average Bonchev–Trinajstić information content (AvgIpc) is 3.21. The zero-order valence-electron chi connectivity index (χ0n) is 18.0. The number of nitrogens with one attached hydrogen (secondary N) is 1. The van der Waals surface area contributed by atoms with E-state index in [-0.39, 0.29) is 6.10 Å². The van der Waals surface area contributed by atoms with Crippen LogP contribution >= 0.6 is 0 Å². The van der Waals surface area contributed by atoms with Gasteiger partial charge in [-0.25, -0.2) is 4.98 Å². The highest BCUT2D eigenvalue weighted by atomic mass is 16.5. The van der Waals surface area contributed by atoms with Crippen molar-refractivity contribution in [3.8, 4) is 0 Å². The van der Waals surface area contributed by atoms with Crippen LogP contribution in [0.25, 0.3) is 0 Å². The zero-order chi connectivity index (χ0) is 20.5. The largest absolute Gasteiger partial charge is 0.382 e. The Labute approximate surface area is 174 Å². The molecule has 1 aromatic heterocycles. The smallest absolute Gasteiger partial charge is 0.193 e. The fraction of sp³-hybridized carbons (Fsp3) is 0.714. The van der Waals surface area contributed by atoms with Gasteiger partial charge in [0.1, 0.15) is 5.82 Å². The molecule has 2 unspecified atom stereocenters. The number of anilines is 1. The molecule has 2 saturated heterocycles. The van der Waals surface area contributed by atoms with Crippen LogP contribution in [0.15, 0.2) is 23.3 Å². The molecule has 0 radical (unpaired) electrons. The van der Waals surface area contributed by atoms with E-state index in [1.54, 1.807) is 7.11 Å². The van der Waals surface area contributed by atoms with Crippen LogP contribution in [0.1, 0.15) is 18.9 Å². The molecule has 2 fully saturated rings. The minimum absolute atomic E-state index is 0.255. The fourth-order valence-corrected chi connectivity index (χ4v) is 3.80. The molecule has 8 nitrogen and oxygen atoms in total. The molecule has 162 valence electrons. The molecule has 8 heteroatoms. The number of hydrogen-bond acceptors (Lipinski definition) is 6. The highest BCUT2D eigenvalue weighted by Gasteiger charge is 2.25. The van der Waals surface area contributed by atoms with E-state index in [9.17, 15) is 0 Å². The second-order valence-corrected chi connectivity index (χ2v) is 7.72. The first-order valence-electron chi connectivity index (χ1n) is 10.5. The van der Waals surface area contributed by atoms with Crippen molar-refractivity contribution in [2.45, 2.75) is 26.0 Å². The topological polar surface area (TPSA) is 71.5 Å². The SMILES string of the molecule is CN=C(NCc1ccc(N2CCOC(C)C2)nc1)N1CCC(COCCOC)C1. The molecule has 29 heavy (non-hydrogen) atoms. The Morgan fingerprint density at radius 2 is 2.21 bits per heavy atom. The monoisotopic (exact) mass is 405 g/mol. The predicted molar refractivity (Wildman–Crippen MR) is 114 cm³/mol. The lowest BCUT2D eigenvalue weighted by Crippen LogP contribution is -2.41. The summed E-state index contributed by atoms with van der Waals surface area (Å²) in [6.45, 7) is 9.43. The van der Waals surface area contributed by atoms with E-state index >= 15 is 0 Å². The number of pyridine rings is 1. The Kier molecular flexibility index (Phi) is 8.52. The number of aromatic nitrogens is 1. The molecule has 0 aliphatic carbocycles. The maximum atomic E-state index is 5.68. The molecule has 0 aromatic carbocycles. The van der Waals surface area contributed by atoms with E-state index < -0.39 is 0 Å². The number of hydrogen-bond donors (Lipinski definition) is 1. The Hall–Kier alpha value is -1.90. The summed E-state index contributed by atoms with van der Waals surface area (Å²) in [7, 11) is 3.54. The third kappa shape index (κ3) is 6.55. The Morgan fingerprint density at radius 3 is 2.93 bits per heavy atom. The van der Waals surface area contributed by atoms with Gasteiger partial charge in [0.05, 0.1) is 32.5 Å². The van der Waals surface area contributed by atoms with Crippen LogP contribution in [0.5, 0.6) is 0 Å². The summed E-state index contributed by atoms with van der Waals surface area (Å²) in [4.78, 5) is 13.7. The van der Waals surface area contributed by atoms with E-state index in [0.29, 0.717) is 25.7 Å². The molecule has 0 saturated carbocycles. The summed E-state index contributed by atoms with van der Waals surface area (Å²) < 4.78 is 16.3. The van der Waals surface area contributed by atoms with Crippen LogP contribution in [0.3, 0.4) is 0 Å². The Morgan fingerprint density at radius 1 is 1.31 bits per heavy atom. The summed E-state index contributed by atoms with van der Waals surface area (Å²) in [6.07, 6.45) is 3.33. The molecule has 1 N–H and O–H groups in total. The van der Waals surface area contributed by atoms with Crippen molar-refractivity contribution < 1.29 is 14.2 Å². The average molecular weight is 406 g/mol. The number of morpholine rings is 1. The van der Waals surface area contributed by atoms with Crippen LogP contribution in [0.2, 0.25) is 0 Å². The molecule has 0 spiro atoms. The summed E-state index contributed by atoms with van der Waals surface area (Å²) in [5.74, 6) is 2.50. The minimum atomic E-state index is 0.255. The number of rotatable bonds is 8. The van der Waals surface area contributed by atoms with Gasteiger partial charge in [-0.15, -0.1) is 0 Å². The van der Waals surface area contributed by atoms with Gasteiger partial charge in [-0.1, -0.05) is 6.07 Å². The van der Waals surface area contributed by atoms with E-state index in [1.165, 1.54) is 0 Å². The van der Waals surface area contributed by atoms with Gasteiger partial charge in [0.25, 0.3) is 0 Å². The molecule has 2 aliphatic rings. The van der Waals surface area contributed by atoms with Gasteiger partial charge in [-0.2, -0.15) is 0 Å². The van der Waals surface area contributed by atoms with E-state index in [4.69, 9.17) is 14.2 Å².